The Labute approximate surface area is 198 Å². The Balaban J connectivity index is 1.84. The van der Waals surface area contributed by atoms with Crippen LogP contribution in [0.3, 0.4) is 0 Å². The van der Waals surface area contributed by atoms with E-state index in [0.29, 0.717) is 28.0 Å². The molecule has 0 atom stereocenters. The highest BCUT2D eigenvalue weighted by atomic mass is 32.2. The molecule has 1 aromatic heterocycles. The monoisotopic (exact) mass is 477 g/mol. The van der Waals surface area contributed by atoms with Crippen LogP contribution in [0.4, 0.5) is 0 Å². The zero-order valence-corrected chi connectivity index (χ0v) is 19.8. The lowest BCUT2D eigenvalue weighted by atomic mass is 10.1. The van der Waals surface area contributed by atoms with Crippen molar-refractivity contribution in [2.75, 3.05) is 6.61 Å². The minimum atomic E-state index is -4.24. The summed E-state index contributed by atoms with van der Waals surface area (Å²) in [6.45, 7) is 5.33. The molecule has 0 saturated carbocycles. The average molecular weight is 478 g/mol. The van der Waals surface area contributed by atoms with Gasteiger partial charge in [-0.05, 0) is 63.2 Å². The van der Waals surface area contributed by atoms with Crippen LogP contribution in [0.15, 0.2) is 77.7 Å². The van der Waals surface area contributed by atoms with E-state index in [9.17, 15) is 13.2 Å². The van der Waals surface area contributed by atoms with Crippen molar-refractivity contribution in [2.24, 2.45) is 0 Å². The van der Waals surface area contributed by atoms with Crippen molar-refractivity contribution in [3.8, 4) is 17.2 Å². The molecule has 7 nitrogen and oxygen atoms in total. The van der Waals surface area contributed by atoms with E-state index in [-0.39, 0.29) is 22.9 Å². The third-order valence-corrected chi connectivity index (χ3v) is 6.31. The van der Waals surface area contributed by atoms with Gasteiger partial charge in [0.1, 0.15) is 16.4 Å². The molecule has 34 heavy (non-hydrogen) atoms. The maximum Gasteiger partial charge on any atom is 0.360 e. The van der Waals surface area contributed by atoms with Crippen LogP contribution in [0.5, 0.6) is 17.2 Å². The minimum absolute atomic E-state index is 0.0364. The van der Waals surface area contributed by atoms with E-state index in [4.69, 9.17) is 13.7 Å². The summed E-state index contributed by atoms with van der Waals surface area (Å²) in [4.78, 5) is 17.0. The van der Waals surface area contributed by atoms with E-state index < -0.39 is 16.1 Å². The van der Waals surface area contributed by atoms with Gasteiger partial charge in [0.2, 0.25) is 0 Å². The van der Waals surface area contributed by atoms with Crippen LogP contribution in [0.25, 0.3) is 10.8 Å². The van der Waals surface area contributed by atoms with Crippen molar-refractivity contribution in [3.63, 3.8) is 0 Å². The lowest BCUT2D eigenvalue weighted by Gasteiger charge is -2.15. The first-order valence-electron chi connectivity index (χ1n) is 10.6. The van der Waals surface area contributed by atoms with Crippen LogP contribution in [-0.2, 0) is 14.9 Å². The number of rotatable bonds is 7. The molecule has 0 unspecified atom stereocenters. The lowest BCUT2D eigenvalue weighted by molar-refractivity contribution is 0.0517. The van der Waals surface area contributed by atoms with Gasteiger partial charge in [0, 0.05) is 16.5 Å². The molecule has 1 heterocycles. The molecule has 174 valence electrons. The summed E-state index contributed by atoms with van der Waals surface area (Å²) in [6.07, 6.45) is 0. The molecule has 0 aliphatic heterocycles. The molecule has 0 fully saturated rings. The van der Waals surface area contributed by atoms with Crippen molar-refractivity contribution >= 4 is 26.9 Å². The number of carbonyl (C=O) groups excluding carboxylic acids is 1. The Bertz CT molecular complexity index is 1450. The first-order valence-corrected chi connectivity index (χ1v) is 12.0. The van der Waals surface area contributed by atoms with E-state index in [1.165, 1.54) is 12.1 Å². The lowest BCUT2D eigenvalue weighted by Crippen LogP contribution is -2.16. The van der Waals surface area contributed by atoms with Crippen molar-refractivity contribution < 1.29 is 26.9 Å². The first-order chi connectivity index (χ1) is 16.3. The Morgan fingerprint density at radius 1 is 0.882 bits per heavy atom. The van der Waals surface area contributed by atoms with E-state index in [2.05, 4.69) is 4.98 Å². The molecule has 0 aliphatic rings. The molecule has 0 aliphatic carbocycles. The van der Waals surface area contributed by atoms with Crippen LogP contribution in [0.2, 0.25) is 0 Å². The normalized spacial score (nSPS) is 11.3. The second-order valence-electron chi connectivity index (χ2n) is 7.57. The number of aryl methyl sites for hydroxylation is 2. The second kappa shape index (κ2) is 9.52. The van der Waals surface area contributed by atoms with Gasteiger partial charge in [-0.2, -0.15) is 8.42 Å². The minimum Gasteiger partial charge on any atom is -0.461 e. The predicted octanol–water partition coefficient (Wildman–Crippen LogP) is 5.59. The number of carbonyl (C=O) groups is 1. The smallest absolute Gasteiger partial charge is 0.360 e. The number of benzene rings is 3. The number of fused-ring (bicyclic) bond motifs is 1. The topological polar surface area (TPSA) is 91.8 Å². The largest absolute Gasteiger partial charge is 0.461 e. The van der Waals surface area contributed by atoms with E-state index >= 15 is 0 Å². The van der Waals surface area contributed by atoms with Crippen LogP contribution in [0, 0.1) is 13.8 Å². The summed E-state index contributed by atoms with van der Waals surface area (Å²) >= 11 is 0. The van der Waals surface area contributed by atoms with Gasteiger partial charge in [-0.25, -0.2) is 9.78 Å². The SMILES string of the molecule is CCOC(=O)c1nc(C)c2cc(Oc3ccccc3)ccc2c1OS(=O)(=O)c1ccc(C)cc1. The van der Waals surface area contributed by atoms with Crippen molar-refractivity contribution in [1.29, 1.82) is 0 Å². The molecule has 4 rings (SSSR count). The van der Waals surface area contributed by atoms with Crippen LogP contribution in [-0.4, -0.2) is 26.0 Å². The summed E-state index contributed by atoms with van der Waals surface area (Å²) in [5.41, 5.74) is 1.19. The maximum absolute atomic E-state index is 13.1. The number of hydrogen-bond donors (Lipinski definition) is 0. The number of ether oxygens (including phenoxy) is 2. The second-order valence-corrected chi connectivity index (χ2v) is 9.11. The molecular formula is C26H23NO6S. The highest BCUT2D eigenvalue weighted by Crippen LogP contribution is 2.36. The fraction of sp³-hybridized carbons (Fsp3) is 0.154. The summed E-state index contributed by atoms with van der Waals surface area (Å²) in [7, 11) is -4.24. The predicted molar refractivity (Wildman–Crippen MR) is 128 cm³/mol. The van der Waals surface area contributed by atoms with E-state index in [1.54, 1.807) is 44.2 Å². The number of hydrogen-bond acceptors (Lipinski definition) is 7. The summed E-state index contributed by atoms with van der Waals surface area (Å²) < 4.78 is 42.6. The third kappa shape index (κ3) is 4.87. The van der Waals surface area contributed by atoms with Gasteiger partial charge in [0.15, 0.2) is 11.4 Å². The standard InChI is InChI=1S/C26H23NO6S/c1-4-31-26(28)24-25(33-34(29,30)21-13-10-17(2)11-14-21)22-15-12-20(16-23(22)18(3)27-24)32-19-8-6-5-7-9-19/h5-16H,4H2,1-3H3. The molecule has 0 N–H and O–H groups in total. The summed E-state index contributed by atoms with van der Waals surface area (Å²) in [6, 6.07) is 20.5. The number of para-hydroxylation sites is 1. The van der Waals surface area contributed by atoms with E-state index in [1.807, 2.05) is 37.3 Å². The van der Waals surface area contributed by atoms with Crippen molar-refractivity contribution in [1.82, 2.24) is 4.98 Å². The van der Waals surface area contributed by atoms with Gasteiger partial charge in [-0.15, -0.1) is 0 Å². The van der Waals surface area contributed by atoms with Crippen LogP contribution in [0.1, 0.15) is 28.7 Å². The molecular weight excluding hydrogens is 454 g/mol. The first kappa shape index (κ1) is 23.3. The highest BCUT2D eigenvalue weighted by Gasteiger charge is 2.26. The molecule has 3 aromatic carbocycles. The van der Waals surface area contributed by atoms with Gasteiger partial charge in [-0.3, -0.25) is 0 Å². The third-order valence-electron chi connectivity index (χ3n) is 5.07. The van der Waals surface area contributed by atoms with Crippen molar-refractivity contribution in [3.05, 3.63) is 89.7 Å². The van der Waals surface area contributed by atoms with Gasteiger partial charge in [-0.1, -0.05) is 35.9 Å². The Hall–Kier alpha value is -3.91. The number of nitrogens with zero attached hydrogens (tertiary/aromatic N) is 1. The number of pyridine rings is 1. The Morgan fingerprint density at radius 2 is 1.59 bits per heavy atom. The number of esters is 1. The fourth-order valence-electron chi connectivity index (χ4n) is 3.40. The quantitative estimate of drug-likeness (QED) is 0.253. The Kier molecular flexibility index (Phi) is 6.51. The zero-order valence-electron chi connectivity index (χ0n) is 18.9. The molecule has 0 bridgehead atoms. The van der Waals surface area contributed by atoms with Gasteiger partial charge >= 0.3 is 16.1 Å². The Morgan fingerprint density at radius 3 is 2.26 bits per heavy atom. The summed E-state index contributed by atoms with van der Waals surface area (Å²) in [5, 5.41) is 0.974. The van der Waals surface area contributed by atoms with Gasteiger partial charge in [0.25, 0.3) is 0 Å². The van der Waals surface area contributed by atoms with E-state index in [0.717, 1.165) is 5.56 Å². The average Bonchev–Trinajstić information content (AvgIpc) is 2.82. The zero-order chi connectivity index (χ0) is 24.3. The maximum atomic E-state index is 13.1. The molecule has 0 radical (unpaired) electrons. The van der Waals surface area contributed by atoms with Crippen LogP contribution < -0.4 is 8.92 Å². The summed E-state index contributed by atoms with van der Waals surface area (Å²) in [5.74, 6) is 0.214. The molecule has 0 saturated heterocycles. The highest BCUT2D eigenvalue weighted by molar-refractivity contribution is 7.87. The molecule has 0 spiro atoms. The van der Waals surface area contributed by atoms with Gasteiger partial charge < -0.3 is 13.7 Å². The van der Waals surface area contributed by atoms with Gasteiger partial charge in [0.05, 0.1) is 6.61 Å². The molecule has 4 aromatic rings. The molecule has 8 heteroatoms. The number of aromatic nitrogens is 1. The van der Waals surface area contributed by atoms with Crippen LogP contribution >= 0.6 is 0 Å². The van der Waals surface area contributed by atoms with Crippen molar-refractivity contribution in [2.45, 2.75) is 25.7 Å². The fourth-order valence-corrected chi connectivity index (χ4v) is 4.35. The molecule has 0 amide bonds.